The molecular formula is C19H25N7O6S. The second-order valence-corrected chi connectivity index (χ2v) is 7.39. The molecule has 2 rings (SSSR count). The van der Waals surface area contributed by atoms with Crippen molar-refractivity contribution in [3.05, 3.63) is 24.3 Å². The van der Waals surface area contributed by atoms with Crippen LogP contribution in [0, 0.1) is 0 Å². The molecule has 0 aliphatic heterocycles. The van der Waals surface area contributed by atoms with Crippen LogP contribution in [0.3, 0.4) is 0 Å². The van der Waals surface area contributed by atoms with Gasteiger partial charge in [0.2, 0.25) is 5.89 Å². The van der Waals surface area contributed by atoms with Gasteiger partial charge in [0.05, 0.1) is 12.3 Å². The summed E-state index contributed by atoms with van der Waals surface area (Å²) in [5.74, 6) is -2.00. The number of nitrogens with one attached hydrogen (secondary N) is 1. The van der Waals surface area contributed by atoms with E-state index < -0.39 is 24.1 Å². The third kappa shape index (κ3) is 8.78. The number of guanidine groups is 1. The lowest BCUT2D eigenvalue weighted by molar-refractivity contribution is -0.159. The van der Waals surface area contributed by atoms with Crippen molar-refractivity contribution in [2.75, 3.05) is 18.9 Å². The Morgan fingerprint density at radius 1 is 1.21 bits per heavy atom. The molecule has 1 aromatic heterocycles. The molecule has 0 bridgehead atoms. The first-order valence-electron chi connectivity index (χ1n) is 9.86. The van der Waals surface area contributed by atoms with Gasteiger partial charge in [0, 0.05) is 12.1 Å². The molecule has 0 spiro atoms. The Morgan fingerprint density at radius 2 is 1.94 bits per heavy atom. The zero-order chi connectivity index (χ0) is 24.2. The van der Waals surface area contributed by atoms with Gasteiger partial charge in [-0.15, -0.1) is 10.2 Å². The number of aliphatic imine (C=N–C) groups is 1. The molecule has 178 valence electrons. The quantitative estimate of drug-likeness (QED) is 0.0874. The first kappa shape index (κ1) is 25.6. The minimum absolute atomic E-state index is 0.0648. The summed E-state index contributed by atoms with van der Waals surface area (Å²) in [4.78, 5) is 39.6. The maximum absolute atomic E-state index is 12.1. The Hall–Kier alpha value is -3.65. The summed E-state index contributed by atoms with van der Waals surface area (Å²) >= 11 is 0.879. The van der Waals surface area contributed by atoms with Crippen LogP contribution in [0.25, 0.3) is 11.5 Å². The van der Waals surface area contributed by atoms with Gasteiger partial charge in [-0.2, -0.15) is 0 Å². The summed E-state index contributed by atoms with van der Waals surface area (Å²) in [6, 6.07) is 5.48. The molecule has 0 fully saturated rings. The number of nitrogens with zero attached hydrogens (tertiary/aromatic N) is 3. The summed E-state index contributed by atoms with van der Waals surface area (Å²) in [7, 11) is 0. The normalized spacial score (nSPS) is 11.3. The van der Waals surface area contributed by atoms with Gasteiger partial charge in [0.15, 0.2) is 5.96 Å². The van der Waals surface area contributed by atoms with Crippen LogP contribution in [0.1, 0.15) is 19.8 Å². The standard InChI is InChI=1S/C19H25N7O6S/c1-2-3-8-30-18(29)24-13(9-20)16(28)31-14(27)10-33-19-26-25-15(32-19)11-4-6-12(7-5-11)23-17(21)22/h4-7,13H,2-3,8-10,20H2,1H3,(H,24,29)(H4,21,22,23). The molecule has 13 nitrogen and oxygen atoms in total. The lowest BCUT2D eigenvalue weighted by Crippen LogP contribution is -2.47. The Morgan fingerprint density at radius 3 is 2.58 bits per heavy atom. The van der Waals surface area contributed by atoms with Gasteiger partial charge >= 0.3 is 18.0 Å². The Bertz CT molecular complexity index is 975. The highest BCUT2D eigenvalue weighted by molar-refractivity contribution is 7.99. The largest absolute Gasteiger partial charge is 0.450 e. The number of hydrogen-bond acceptors (Lipinski definition) is 11. The van der Waals surface area contributed by atoms with E-state index in [0.29, 0.717) is 17.7 Å². The molecule has 1 unspecified atom stereocenters. The highest BCUT2D eigenvalue weighted by Gasteiger charge is 2.24. The van der Waals surface area contributed by atoms with Crippen molar-refractivity contribution >= 4 is 41.4 Å². The summed E-state index contributed by atoms with van der Waals surface area (Å²) in [5, 5.41) is 10.1. The lowest BCUT2D eigenvalue weighted by Gasteiger charge is -2.14. The van der Waals surface area contributed by atoms with E-state index in [1.54, 1.807) is 24.3 Å². The number of esters is 2. The van der Waals surface area contributed by atoms with Crippen LogP contribution in [0.5, 0.6) is 0 Å². The van der Waals surface area contributed by atoms with Crippen molar-refractivity contribution in [2.45, 2.75) is 31.0 Å². The fourth-order valence-electron chi connectivity index (χ4n) is 2.25. The molecule has 0 radical (unpaired) electrons. The molecule has 0 aliphatic rings. The van der Waals surface area contributed by atoms with Crippen molar-refractivity contribution in [2.24, 2.45) is 22.2 Å². The number of ether oxygens (including phenoxy) is 2. The first-order valence-corrected chi connectivity index (χ1v) is 10.8. The first-order chi connectivity index (χ1) is 15.8. The van der Waals surface area contributed by atoms with Gasteiger partial charge in [-0.25, -0.2) is 14.6 Å². The van der Waals surface area contributed by atoms with E-state index in [2.05, 4.69) is 20.5 Å². The summed E-state index contributed by atoms with van der Waals surface area (Å²) < 4.78 is 15.1. The number of rotatable bonds is 11. The number of thioether (sulfide) groups is 1. The van der Waals surface area contributed by atoms with Crippen LogP contribution in [0.2, 0.25) is 0 Å². The molecule has 33 heavy (non-hydrogen) atoms. The van der Waals surface area contributed by atoms with E-state index in [-0.39, 0.29) is 36.0 Å². The van der Waals surface area contributed by atoms with Crippen molar-refractivity contribution < 1.29 is 28.3 Å². The van der Waals surface area contributed by atoms with Crippen LogP contribution in [0.4, 0.5) is 10.5 Å². The predicted molar refractivity (Wildman–Crippen MR) is 119 cm³/mol. The molecule has 0 aliphatic carbocycles. The van der Waals surface area contributed by atoms with Crippen molar-refractivity contribution in [3.8, 4) is 11.5 Å². The third-order valence-electron chi connectivity index (χ3n) is 3.85. The predicted octanol–water partition coefficient (Wildman–Crippen LogP) is 0.657. The maximum Gasteiger partial charge on any atom is 0.407 e. The van der Waals surface area contributed by atoms with E-state index >= 15 is 0 Å². The number of nitrogens with two attached hydrogens (primary N) is 3. The molecule has 0 saturated heterocycles. The molecule has 7 N–H and O–H groups in total. The lowest BCUT2D eigenvalue weighted by atomic mass is 10.2. The molecule has 0 saturated carbocycles. The van der Waals surface area contributed by atoms with Crippen LogP contribution >= 0.6 is 11.8 Å². The number of alkyl carbamates (subject to hydrolysis) is 1. The van der Waals surface area contributed by atoms with E-state index in [1.807, 2.05) is 6.92 Å². The van der Waals surface area contributed by atoms with Crippen molar-refractivity contribution in [3.63, 3.8) is 0 Å². The highest BCUT2D eigenvalue weighted by atomic mass is 32.2. The number of aromatic nitrogens is 2. The van der Waals surface area contributed by atoms with Gasteiger partial charge in [-0.1, -0.05) is 25.1 Å². The minimum atomic E-state index is -1.22. The van der Waals surface area contributed by atoms with E-state index in [0.717, 1.165) is 18.2 Å². The number of carbonyl (C=O) groups excluding carboxylic acids is 3. The SMILES string of the molecule is CCCCOC(=O)NC(CN)C(=O)OC(=O)CSc1nnc(-c2ccc(N=C(N)N)cc2)o1. The second kappa shape index (κ2) is 13.0. The number of hydrogen-bond donors (Lipinski definition) is 4. The summed E-state index contributed by atoms with van der Waals surface area (Å²) in [6.07, 6.45) is 0.707. The molecule has 1 amide bonds. The Kier molecular flexibility index (Phi) is 10.1. The monoisotopic (exact) mass is 479 g/mol. The molecule has 1 atom stereocenters. The van der Waals surface area contributed by atoms with Gasteiger partial charge < -0.3 is 36.4 Å². The maximum atomic E-state index is 12.1. The minimum Gasteiger partial charge on any atom is -0.450 e. The number of carbonyl (C=O) groups is 3. The zero-order valence-corrected chi connectivity index (χ0v) is 18.7. The van der Waals surface area contributed by atoms with Crippen LogP contribution in [-0.2, 0) is 19.1 Å². The Labute approximate surface area is 193 Å². The van der Waals surface area contributed by atoms with Gasteiger partial charge in [0.1, 0.15) is 11.8 Å². The third-order valence-corrected chi connectivity index (χ3v) is 4.64. The molecule has 2 aromatic rings. The van der Waals surface area contributed by atoms with Crippen molar-refractivity contribution in [1.29, 1.82) is 0 Å². The van der Waals surface area contributed by atoms with Gasteiger partial charge in [-0.3, -0.25) is 4.79 Å². The fraction of sp³-hybridized carbons (Fsp3) is 0.368. The van der Waals surface area contributed by atoms with Crippen LogP contribution < -0.4 is 22.5 Å². The Balaban J connectivity index is 1.83. The fourth-order valence-corrected chi connectivity index (χ4v) is 2.79. The average molecular weight is 480 g/mol. The smallest absolute Gasteiger partial charge is 0.407 e. The summed E-state index contributed by atoms with van der Waals surface area (Å²) in [6.45, 7) is 1.88. The van der Waals surface area contributed by atoms with Crippen LogP contribution in [-0.4, -0.2) is 59.1 Å². The second-order valence-electron chi connectivity index (χ2n) is 6.46. The number of unbranched alkanes of at least 4 members (excludes halogenated alkanes) is 1. The summed E-state index contributed by atoms with van der Waals surface area (Å²) in [5.41, 5.74) is 17.3. The van der Waals surface area contributed by atoms with Gasteiger partial charge in [-0.05, 0) is 30.7 Å². The molecule has 1 aromatic carbocycles. The van der Waals surface area contributed by atoms with Gasteiger partial charge in [0.25, 0.3) is 5.22 Å². The zero-order valence-electron chi connectivity index (χ0n) is 17.9. The topological polar surface area (TPSA) is 211 Å². The highest BCUT2D eigenvalue weighted by Crippen LogP contribution is 2.25. The van der Waals surface area contributed by atoms with Crippen LogP contribution in [0.15, 0.2) is 38.9 Å². The molecule has 14 heteroatoms. The average Bonchev–Trinajstić information content (AvgIpc) is 3.25. The van der Waals surface area contributed by atoms with E-state index in [9.17, 15) is 14.4 Å². The van der Waals surface area contributed by atoms with E-state index in [4.69, 9.17) is 31.1 Å². The van der Waals surface area contributed by atoms with Crippen molar-refractivity contribution in [1.82, 2.24) is 15.5 Å². The molecular weight excluding hydrogens is 454 g/mol. The van der Waals surface area contributed by atoms with E-state index in [1.165, 1.54) is 0 Å². The number of benzene rings is 1. The number of amides is 1. The molecule has 1 heterocycles.